The molecule has 3 heteroatoms. The molecule has 2 atom stereocenters. The van der Waals surface area contributed by atoms with Crippen LogP contribution in [0, 0.1) is 11.8 Å². The number of rotatable bonds is 5. The van der Waals surface area contributed by atoms with Gasteiger partial charge >= 0.3 is 0 Å². The lowest BCUT2D eigenvalue weighted by Crippen LogP contribution is -2.49. The molecule has 0 spiro atoms. The zero-order valence-corrected chi connectivity index (χ0v) is 11.6. The number of likely N-dealkylation sites (tertiary alicyclic amines) is 1. The minimum Gasteiger partial charge on any atom is -0.339 e. The van der Waals surface area contributed by atoms with Crippen molar-refractivity contribution in [2.75, 3.05) is 13.1 Å². The number of carbonyl (C=O) groups is 1. The molecule has 0 aromatic heterocycles. The van der Waals surface area contributed by atoms with Crippen LogP contribution in [0.4, 0.5) is 0 Å². The summed E-state index contributed by atoms with van der Waals surface area (Å²) >= 11 is 0. The fraction of sp³-hybridized carbons (Fsp3) is 0.929. The smallest absolute Gasteiger partial charge is 0.227 e. The molecule has 0 radical (unpaired) electrons. The summed E-state index contributed by atoms with van der Waals surface area (Å²) in [5, 5.41) is 0. The largest absolute Gasteiger partial charge is 0.339 e. The molecule has 0 aromatic rings. The SMILES string of the molecule is CCCC1CCCCN1C(=O)C(CN)C(C)C. The zero-order valence-electron chi connectivity index (χ0n) is 11.6. The summed E-state index contributed by atoms with van der Waals surface area (Å²) in [6, 6.07) is 0.467. The molecule has 0 aromatic carbocycles. The zero-order chi connectivity index (χ0) is 12.8. The molecule has 1 fully saturated rings. The monoisotopic (exact) mass is 240 g/mol. The van der Waals surface area contributed by atoms with Crippen molar-refractivity contribution < 1.29 is 4.79 Å². The van der Waals surface area contributed by atoms with Crippen molar-refractivity contribution in [1.82, 2.24) is 4.90 Å². The van der Waals surface area contributed by atoms with E-state index in [-0.39, 0.29) is 5.92 Å². The van der Waals surface area contributed by atoms with E-state index >= 15 is 0 Å². The first-order valence-electron chi connectivity index (χ1n) is 7.12. The summed E-state index contributed by atoms with van der Waals surface area (Å²) in [6.45, 7) is 7.79. The van der Waals surface area contributed by atoms with Crippen molar-refractivity contribution in [2.45, 2.75) is 58.9 Å². The van der Waals surface area contributed by atoms with Crippen molar-refractivity contribution in [1.29, 1.82) is 0 Å². The van der Waals surface area contributed by atoms with E-state index in [9.17, 15) is 4.79 Å². The molecule has 17 heavy (non-hydrogen) atoms. The number of amides is 1. The lowest BCUT2D eigenvalue weighted by Gasteiger charge is -2.38. The summed E-state index contributed by atoms with van der Waals surface area (Å²) in [7, 11) is 0. The number of carbonyl (C=O) groups excluding carboxylic acids is 1. The van der Waals surface area contributed by atoms with Crippen LogP contribution in [0.25, 0.3) is 0 Å². The first-order chi connectivity index (χ1) is 8.11. The second-order valence-electron chi connectivity index (χ2n) is 5.56. The Balaban J connectivity index is 2.69. The Bertz CT molecular complexity index is 238. The van der Waals surface area contributed by atoms with Gasteiger partial charge in [-0.2, -0.15) is 0 Å². The van der Waals surface area contributed by atoms with E-state index in [4.69, 9.17) is 5.73 Å². The van der Waals surface area contributed by atoms with Crippen molar-refractivity contribution in [3.63, 3.8) is 0 Å². The van der Waals surface area contributed by atoms with Crippen molar-refractivity contribution in [3.8, 4) is 0 Å². The molecule has 1 heterocycles. The average Bonchev–Trinajstić information content (AvgIpc) is 2.30. The number of nitrogens with zero attached hydrogens (tertiary/aromatic N) is 1. The molecule has 100 valence electrons. The quantitative estimate of drug-likeness (QED) is 0.802. The van der Waals surface area contributed by atoms with Gasteiger partial charge in [0, 0.05) is 19.1 Å². The molecule has 0 saturated carbocycles. The molecule has 3 nitrogen and oxygen atoms in total. The maximum Gasteiger partial charge on any atom is 0.227 e. The van der Waals surface area contributed by atoms with Gasteiger partial charge in [-0.15, -0.1) is 0 Å². The first kappa shape index (κ1) is 14.5. The van der Waals surface area contributed by atoms with Crippen LogP contribution >= 0.6 is 0 Å². The van der Waals surface area contributed by atoms with Gasteiger partial charge in [0.25, 0.3) is 0 Å². The highest BCUT2D eigenvalue weighted by Gasteiger charge is 2.31. The molecule has 2 unspecified atom stereocenters. The number of hydrogen-bond acceptors (Lipinski definition) is 2. The standard InChI is InChI=1S/C14H28N2O/c1-4-7-12-8-5-6-9-16(12)14(17)13(10-15)11(2)3/h11-13H,4-10,15H2,1-3H3. The third kappa shape index (κ3) is 3.70. The van der Waals surface area contributed by atoms with Crippen LogP contribution in [-0.4, -0.2) is 29.9 Å². The number of nitrogens with two attached hydrogens (primary N) is 1. The van der Waals surface area contributed by atoms with Gasteiger partial charge in [0.2, 0.25) is 5.91 Å². The highest BCUT2D eigenvalue weighted by Crippen LogP contribution is 2.24. The van der Waals surface area contributed by atoms with Crippen molar-refractivity contribution in [2.24, 2.45) is 17.6 Å². The van der Waals surface area contributed by atoms with E-state index in [1.165, 1.54) is 12.8 Å². The van der Waals surface area contributed by atoms with Gasteiger partial charge in [-0.3, -0.25) is 4.79 Å². The first-order valence-corrected chi connectivity index (χ1v) is 7.12. The molecule has 1 aliphatic rings. The summed E-state index contributed by atoms with van der Waals surface area (Å²) in [5.41, 5.74) is 5.75. The van der Waals surface area contributed by atoms with Crippen molar-refractivity contribution >= 4 is 5.91 Å². The Labute approximate surface area is 106 Å². The van der Waals surface area contributed by atoms with Crippen LogP contribution in [0.1, 0.15) is 52.9 Å². The molecular formula is C14H28N2O. The second-order valence-corrected chi connectivity index (χ2v) is 5.56. The van der Waals surface area contributed by atoms with Crippen LogP contribution in [0.2, 0.25) is 0 Å². The van der Waals surface area contributed by atoms with Gasteiger partial charge in [0.15, 0.2) is 0 Å². The van der Waals surface area contributed by atoms with Crippen molar-refractivity contribution in [3.05, 3.63) is 0 Å². The van der Waals surface area contributed by atoms with Crippen LogP contribution in [0.15, 0.2) is 0 Å². The predicted molar refractivity (Wildman–Crippen MR) is 71.6 cm³/mol. The van der Waals surface area contributed by atoms with Crippen LogP contribution in [-0.2, 0) is 4.79 Å². The Kier molecular flexibility index (Phi) is 5.96. The Morgan fingerprint density at radius 2 is 2.12 bits per heavy atom. The lowest BCUT2D eigenvalue weighted by atomic mass is 9.91. The fourth-order valence-electron chi connectivity index (χ4n) is 2.80. The molecule has 1 rings (SSSR count). The normalized spacial score (nSPS) is 22.9. The molecule has 1 saturated heterocycles. The Morgan fingerprint density at radius 3 is 2.65 bits per heavy atom. The second kappa shape index (κ2) is 7.00. The Morgan fingerprint density at radius 1 is 1.41 bits per heavy atom. The fourth-order valence-corrected chi connectivity index (χ4v) is 2.80. The van der Waals surface area contributed by atoms with Gasteiger partial charge in [-0.1, -0.05) is 27.2 Å². The molecule has 0 bridgehead atoms. The van der Waals surface area contributed by atoms with E-state index in [0.717, 1.165) is 25.8 Å². The number of hydrogen-bond donors (Lipinski definition) is 1. The molecule has 2 N–H and O–H groups in total. The van der Waals surface area contributed by atoms with Gasteiger partial charge in [0.1, 0.15) is 0 Å². The summed E-state index contributed by atoms with van der Waals surface area (Å²) in [4.78, 5) is 14.6. The third-order valence-corrected chi connectivity index (χ3v) is 3.91. The highest BCUT2D eigenvalue weighted by atomic mass is 16.2. The third-order valence-electron chi connectivity index (χ3n) is 3.91. The predicted octanol–water partition coefficient (Wildman–Crippen LogP) is 2.40. The summed E-state index contributed by atoms with van der Waals surface area (Å²) in [5.74, 6) is 0.643. The van der Waals surface area contributed by atoms with Gasteiger partial charge in [-0.05, 0) is 31.6 Å². The van der Waals surface area contributed by atoms with E-state index in [0.29, 0.717) is 24.4 Å². The topological polar surface area (TPSA) is 46.3 Å². The molecule has 0 aliphatic carbocycles. The van der Waals surface area contributed by atoms with Gasteiger partial charge in [0.05, 0.1) is 5.92 Å². The summed E-state index contributed by atoms with van der Waals surface area (Å²) < 4.78 is 0. The molecule has 1 amide bonds. The van der Waals surface area contributed by atoms with E-state index < -0.39 is 0 Å². The summed E-state index contributed by atoms with van der Waals surface area (Å²) in [6.07, 6.45) is 5.89. The minimum atomic E-state index is 0.00690. The molecular weight excluding hydrogens is 212 g/mol. The highest BCUT2D eigenvalue weighted by molar-refractivity contribution is 5.79. The number of piperidine rings is 1. The van der Waals surface area contributed by atoms with Gasteiger partial charge in [-0.25, -0.2) is 0 Å². The molecule has 1 aliphatic heterocycles. The minimum absolute atomic E-state index is 0.00690. The van der Waals surface area contributed by atoms with Gasteiger partial charge < -0.3 is 10.6 Å². The lowest BCUT2D eigenvalue weighted by molar-refractivity contribution is -0.140. The maximum atomic E-state index is 12.5. The van der Waals surface area contributed by atoms with E-state index in [1.807, 2.05) is 0 Å². The van der Waals surface area contributed by atoms with E-state index in [1.54, 1.807) is 0 Å². The maximum absolute atomic E-state index is 12.5. The average molecular weight is 240 g/mol. The Hall–Kier alpha value is -0.570. The van der Waals surface area contributed by atoms with Crippen LogP contribution < -0.4 is 5.73 Å². The van der Waals surface area contributed by atoms with Crippen LogP contribution in [0.3, 0.4) is 0 Å². The van der Waals surface area contributed by atoms with Crippen LogP contribution in [0.5, 0.6) is 0 Å². The van der Waals surface area contributed by atoms with E-state index in [2.05, 4.69) is 25.7 Å².